The maximum absolute atomic E-state index is 10.9. The number of thiocarbonyl (C=S) groups is 1. The number of ether oxygens (including phenoxy) is 1. The Hall–Kier alpha value is -1.42. The molecule has 0 radical (unpaired) electrons. The largest absolute Gasteiger partial charge is 0.479 e. The van der Waals surface area contributed by atoms with Crippen LogP contribution in [0.25, 0.3) is 0 Å². The quantitative estimate of drug-likeness (QED) is 0.801. The van der Waals surface area contributed by atoms with Crippen LogP contribution in [0, 0.1) is 0 Å². The van der Waals surface area contributed by atoms with Gasteiger partial charge in [0.15, 0.2) is 11.2 Å². The van der Waals surface area contributed by atoms with Crippen LogP contribution in [-0.4, -0.2) is 22.2 Å². The number of carbonyl (C=O) groups is 1. The van der Waals surface area contributed by atoms with Crippen molar-refractivity contribution >= 4 is 23.2 Å². The average Bonchev–Trinajstić information content (AvgIpc) is 2.29. The van der Waals surface area contributed by atoms with Gasteiger partial charge in [0.2, 0.25) is 0 Å². The molecule has 4 heteroatoms. The van der Waals surface area contributed by atoms with Gasteiger partial charge in [0.25, 0.3) is 0 Å². The van der Waals surface area contributed by atoms with Gasteiger partial charge in [-0.1, -0.05) is 43.7 Å². The van der Waals surface area contributed by atoms with Crippen molar-refractivity contribution in [1.82, 2.24) is 0 Å². The lowest BCUT2D eigenvalue weighted by atomic mass is 10.2. The van der Waals surface area contributed by atoms with Crippen LogP contribution in [0.5, 0.6) is 0 Å². The molecule has 1 aromatic carbocycles. The molecule has 0 aromatic heterocycles. The zero-order chi connectivity index (χ0) is 12.0. The molecule has 0 aliphatic heterocycles. The van der Waals surface area contributed by atoms with E-state index in [4.69, 9.17) is 22.1 Å². The monoisotopic (exact) mass is 238 g/mol. The summed E-state index contributed by atoms with van der Waals surface area (Å²) in [5, 5.41) is 9.15. The summed E-state index contributed by atoms with van der Waals surface area (Å²) in [4.78, 5) is 10.9. The fourth-order valence-electron chi connectivity index (χ4n) is 1.27. The van der Waals surface area contributed by atoms with E-state index in [0.29, 0.717) is 6.42 Å². The van der Waals surface area contributed by atoms with Gasteiger partial charge < -0.3 is 9.84 Å². The predicted molar refractivity (Wildman–Crippen MR) is 65.6 cm³/mol. The van der Waals surface area contributed by atoms with Gasteiger partial charge in [-0.3, -0.25) is 0 Å². The first-order valence-corrected chi connectivity index (χ1v) is 5.54. The summed E-state index contributed by atoms with van der Waals surface area (Å²) < 4.78 is 5.27. The highest BCUT2D eigenvalue weighted by Gasteiger charge is 2.19. The topological polar surface area (TPSA) is 46.5 Å². The number of carboxylic acids is 1. The van der Waals surface area contributed by atoms with Crippen molar-refractivity contribution < 1.29 is 14.6 Å². The molecular weight excluding hydrogens is 224 g/mol. The minimum Gasteiger partial charge on any atom is -0.479 e. The number of rotatable bonds is 5. The van der Waals surface area contributed by atoms with E-state index >= 15 is 0 Å². The molecule has 0 saturated carbocycles. The Morgan fingerprint density at radius 3 is 2.56 bits per heavy atom. The number of aliphatic carboxylic acids is 1. The maximum atomic E-state index is 10.9. The minimum absolute atomic E-state index is 0.237. The highest BCUT2D eigenvalue weighted by molar-refractivity contribution is 7.80. The van der Waals surface area contributed by atoms with Crippen LogP contribution in [0.1, 0.15) is 25.3 Å². The molecule has 0 saturated heterocycles. The summed E-state index contributed by atoms with van der Waals surface area (Å²) >= 11 is 5.04. The van der Waals surface area contributed by atoms with E-state index in [-0.39, 0.29) is 5.05 Å². The summed E-state index contributed by atoms with van der Waals surface area (Å²) in [5.41, 5.74) is 0.736. The third-order valence-electron chi connectivity index (χ3n) is 2.09. The van der Waals surface area contributed by atoms with E-state index in [1.54, 1.807) is 12.1 Å². The summed E-state index contributed by atoms with van der Waals surface area (Å²) in [7, 11) is 0. The molecule has 0 aliphatic carbocycles. The van der Waals surface area contributed by atoms with Crippen LogP contribution >= 0.6 is 12.2 Å². The minimum atomic E-state index is -0.972. The number of hydrogen-bond donors (Lipinski definition) is 1. The Morgan fingerprint density at radius 2 is 2.06 bits per heavy atom. The Labute approximate surface area is 100 Å². The van der Waals surface area contributed by atoms with Crippen LogP contribution in [-0.2, 0) is 9.53 Å². The van der Waals surface area contributed by atoms with Crippen molar-refractivity contribution in [3.63, 3.8) is 0 Å². The van der Waals surface area contributed by atoms with Crippen molar-refractivity contribution in [3.05, 3.63) is 35.9 Å². The van der Waals surface area contributed by atoms with Gasteiger partial charge in [-0.2, -0.15) is 0 Å². The Bertz CT molecular complexity index is 362. The van der Waals surface area contributed by atoms with Gasteiger partial charge in [0.05, 0.1) is 0 Å². The lowest BCUT2D eigenvalue weighted by Crippen LogP contribution is -2.26. The van der Waals surface area contributed by atoms with Gasteiger partial charge >= 0.3 is 5.97 Å². The summed E-state index contributed by atoms with van der Waals surface area (Å²) in [6, 6.07) is 9.13. The lowest BCUT2D eigenvalue weighted by molar-refractivity contribution is -0.145. The average molecular weight is 238 g/mol. The first-order valence-electron chi connectivity index (χ1n) is 5.14. The Morgan fingerprint density at radius 1 is 1.44 bits per heavy atom. The van der Waals surface area contributed by atoms with Gasteiger partial charge in [-0.15, -0.1) is 0 Å². The lowest BCUT2D eigenvalue weighted by Gasteiger charge is -2.14. The number of carboxylic acid groups (broad SMARTS) is 1. The van der Waals surface area contributed by atoms with Crippen LogP contribution in [0.4, 0.5) is 0 Å². The summed E-state index contributed by atoms with van der Waals surface area (Å²) in [6.07, 6.45) is 0.356. The first kappa shape index (κ1) is 12.6. The Kier molecular flexibility index (Phi) is 4.92. The van der Waals surface area contributed by atoms with E-state index in [0.717, 1.165) is 12.0 Å². The highest BCUT2D eigenvalue weighted by Crippen LogP contribution is 2.09. The smallest absolute Gasteiger partial charge is 0.344 e. The van der Waals surface area contributed by atoms with Crippen molar-refractivity contribution in [1.29, 1.82) is 0 Å². The zero-order valence-corrected chi connectivity index (χ0v) is 9.87. The zero-order valence-electron chi connectivity index (χ0n) is 9.05. The molecule has 1 atom stereocenters. The van der Waals surface area contributed by atoms with Gasteiger partial charge in [-0.05, 0) is 18.6 Å². The third-order valence-corrected chi connectivity index (χ3v) is 2.42. The van der Waals surface area contributed by atoms with Crippen molar-refractivity contribution in [3.8, 4) is 0 Å². The SMILES string of the molecule is CCCC(OC(=S)c1ccccc1)C(=O)O. The van der Waals surface area contributed by atoms with Crippen molar-refractivity contribution in [2.24, 2.45) is 0 Å². The molecule has 0 aliphatic rings. The van der Waals surface area contributed by atoms with E-state index in [2.05, 4.69) is 0 Å². The molecule has 1 rings (SSSR count). The van der Waals surface area contributed by atoms with Crippen LogP contribution < -0.4 is 0 Å². The van der Waals surface area contributed by atoms with E-state index in [1.165, 1.54) is 0 Å². The molecule has 1 aromatic rings. The highest BCUT2D eigenvalue weighted by atomic mass is 32.1. The first-order chi connectivity index (χ1) is 7.65. The van der Waals surface area contributed by atoms with E-state index in [1.807, 2.05) is 25.1 Å². The number of hydrogen-bond acceptors (Lipinski definition) is 3. The molecule has 1 N–H and O–H groups in total. The van der Waals surface area contributed by atoms with Gasteiger partial charge in [0.1, 0.15) is 0 Å². The van der Waals surface area contributed by atoms with Crippen molar-refractivity contribution in [2.75, 3.05) is 0 Å². The Balaban J connectivity index is 2.65. The fourth-order valence-corrected chi connectivity index (χ4v) is 1.52. The second kappa shape index (κ2) is 6.23. The summed E-state index contributed by atoms with van der Waals surface area (Å²) in [6.45, 7) is 1.91. The maximum Gasteiger partial charge on any atom is 0.344 e. The molecule has 16 heavy (non-hydrogen) atoms. The van der Waals surface area contributed by atoms with Crippen molar-refractivity contribution in [2.45, 2.75) is 25.9 Å². The molecule has 0 fully saturated rings. The predicted octanol–water partition coefficient (Wildman–Crippen LogP) is 2.63. The molecule has 0 heterocycles. The second-order valence-electron chi connectivity index (χ2n) is 3.39. The molecule has 86 valence electrons. The fraction of sp³-hybridized carbons (Fsp3) is 0.333. The molecule has 0 amide bonds. The van der Waals surface area contributed by atoms with Crippen LogP contribution in [0.15, 0.2) is 30.3 Å². The summed E-state index contributed by atoms with van der Waals surface area (Å²) in [5.74, 6) is -0.972. The van der Waals surface area contributed by atoms with Crippen LogP contribution in [0.2, 0.25) is 0 Å². The second-order valence-corrected chi connectivity index (χ2v) is 3.76. The third kappa shape index (κ3) is 3.62. The standard InChI is InChI=1S/C12H14O3S/c1-2-6-10(11(13)14)15-12(16)9-7-4-3-5-8-9/h3-5,7-8,10H,2,6H2,1H3,(H,13,14). The van der Waals surface area contributed by atoms with Gasteiger partial charge in [0, 0.05) is 5.56 Å². The normalized spacial score (nSPS) is 11.8. The van der Waals surface area contributed by atoms with E-state index in [9.17, 15) is 4.79 Å². The molecule has 1 unspecified atom stereocenters. The molecular formula is C12H14O3S. The van der Waals surface area contributed by atoms with Crippen LogP contribution in [0.3, 0.4) is 0 Å². The van der Waals surface area contributed by atoms with E-state index < -0.39 is 12.1 Å². The molecule has 0 bridgehead atoms. The van der Waals surface area contributed by atoms with Gasteiger partial charge in [-0.25, -0.2) is 4.79 Å². The molecule has 3 nitrogen and oxygen atoms in total. The number of benzene rings is 1. The molecule has 0 spiro atoms.